The molecule has 1 amide bonds. The van der Waals surface area contributed by atoms with E-state index in [0.29, 0.717) is 23.6 Å². The molecule has 6 heteroatoms. The third kappa shape index (κ3) is 3.34. The Hall–Kier alpha value is -1.33. The van der Waals surface area contributed by atoms with Crippen molar-refractivity contribution in [3.05, 3.63) is 51.5 Å². The van der Waals surface area contributed by atoms with E-state index in [9.17, 15) is 4.79 Å². The Kier molecular flexibility index (Phi) is 4.38. The highest BCUT2D eigenvalue weighted by atomic mass is 79.9. The van der Waals surface area contributed by atoms with Gasteiger partial charge in [0.05, 0.1) is 5.02 Å². The van der Waals surface area contributed by atoms with E-state index in [0.717, 1.165) is 10.3 Å². The van der Waals surface area contributed by atoms with E-state index in [2.05, 4.69) is 31.2 Å². The predicted molar refractivity (Wildman–Crippen MR) is 73.8 cm³/mol. The van der Waals surface area contributed by atoms with Crippen LogP contribution in [0.2, 0.25) is 5.02 Å². The predicted octanol–water partition coefficient (Wildman–Crippen LogP) is 2.80. The number of aromatic nitrogens is 2. The molecule has 0 bridgehead atoms. The lowest BCUT2D eigenvalue weighted by Crippen LogP contribution is -2.25. The summed E-state index contributed by atoms with van der Waals surface area (Å²) in [6, 6.07) is 5.11. The fourth-order valence-corrected chi connectivity index (χ4v) is 1.90. The Bertz CT molecular complexity index is 542. The minimum Gasteiger partial charge on any atom is -0.352 e. The summed E-state index contributed by atoms with van der Waals surface area (Å²) in [4.78, 5) is 18.9. The number of amides is 1. The van der Waals surface area contributed by atoms with Crippen molar-refractivity contribution in [2.45, 2.75) is 6.42 Å². The fraction of sp³-hybridized carbons (Fsp3) is 0.167. The third-order valence-corrected chi connectivity index (χ3v) is 3.62. The molecule has 2 rings (SSSR count). The topological polar surface area (TPSA) is 57.8 Å². The Morgan fingerprint density at radius 1 is 1.50 bits per heavy atom. The summed E-state index contributed by atoms with van der Waals surface area (Å²) in [7, 11) is 0. The zero-order valence-electron chi connectivity index (χ0n) is 9.41. The van der Waals surface area contributed by atoms with Crippen LogP contribution in [0.1, 0.15) is 16.2 Å². The number of H-pyrrole nitrogens is 1. The van der Waals surface area contributed by atoms with Crippen LogP contribution in [0.25, 0.3) is 0 Å². The van der Waals surface area contributed by atoms with Gasteiger partial charge in [0.1, 0.15) is 5.82 Å². The Morgan fingerprint density at radius 2 is 2.33 bits per heavy atom. The van der Waals surface area contributed by atoms with E-state index in [4.69, 9.17) is 11.6 Å². The molecular formula is C12H11BrClN3O. The Labute approximate surface area is 118 Å². The van der Waals surface area contributed by atoms with E-state index in [-0.39, 0.29) is 5.91 Å². The van der Waals surface area contributed by atoms with Crippen LogP contribution in [0.4, 0.5) is 0 Å². The molecule has 0 radical (unpaired) electrons. The molecule has 0 unspecified atom stereocenters. The van der Waals surface area contributed by atoms with E-state index in [1.165, 1.54) is 0 Å². The number of carbonyl (C=O) groups is 1. The second-order valence-corrected chi connectivity index (χ2v) is 4.93. The molecule has 1 heterocycles. The average molecular weight is 329 g/mol. The monoisotopic (exact) mass is 327 g/mol. The van der Waals surface area contributed by atoms with E-state index < -0.39 is 0 Å². The number of imidazole rings is 1. The highest BCUT2D eigenvalue weighted by Crippen LogP contribution is 2.23. The lowest BCUT2D eigenvalue weighted by atomic mass is 10.2. The summed E-state index contributed by atoms with van der Waals surface area (Å²) in [6.07, 6.45) is 4.11. The molecular weight excluding hydrogens is 318 g/mol. The molecule has 0 aliphatic rings. The molecule has 0 saturated carbocycles. The smallest absolute Gasteiger partial charge is 0.251 e. The number of hydrogen-bond donors (Lipinski definition) is 2. The SMILES string of the molecule is O=C(NCCc1ncc[nH]1)c1ccc(Br)c(Cl)c1. The summed E-state index contributed by atoms with van der Waals surface area (Å²) in [5, 5.41) is 3.33. The number of aromatic amines is 1. The molecule has 1 aromatic carbocycles. The van der Waals surface area contributed by atoms with Crippen LogP contribution in [-0.4, -0.2) is 22.4 Å². The molecule has 0 saturated heterocycles. The highest BCUT2D eigenvalue weighted by molar-refractivity contribution is 9.10. The van der Waals surface area contributed by atoms with Gasteiger partial charge in [-0.05, 0) is 34.1 Å². The number of hydrogen-bond acceptors (Lipinski definition) is 2. The number of nitrogens with zero attached hydrogens (tertiary/aromatic N) is 1. The molecule has 0 atom stereocenters. The maximum Gasteiger partial charge on any atom is 0.251 e. The second kappa shape index (κ2) is 6.02. The van der Waals surface area contributed by atoms with E-state index in [1.54, 1.807) is 30.6 Å². The van der Waals surface area contributed by atoms with Gasteiger partial charge in [-0.15, -0.1) is 0 Å². The molecule has 94 valence electrons. The number of benzene rings is 1. The minimum atomic E-state index is -0.143. The van der Waals surface area contributed by atoms with Gasteiger partial charge in [0, 0.05) is 35.4 Å². The summed E-state index contributed by atoms with van der Waals surface area (Å²) < 4.78 is 0.774. The van der Waals surface area contributed by atoms with Crippen molar-refractivity contribution in [3.8, 4) is 0 Å². The first-order chi connectivity index (χ1) is 8.66. The zero-order valence-corrected chi connectivity index (χ0v) is 11.8. The van der Waals surface area contributed by atoms with E-state index >= 15 is 0 Å². The number of carbonyl (C=O) groups excluding carboxylic acids is 1. The van der Waals surface area contributed by atoms with Crippen molar-refractivity contribution in [1.29, 1.82) is 0 Å². The van der Waals surface area contributed by atoms with Crippen LogP contribution in [0, 0.1) is 0 Å². The molecule has 1 aromatic heterocycles. The van der Waals surface area contributed by atoms with Crippen molar-refractivity contribution in [3.63, 3.8) is 0 Å². The molecule has 0 aliphatic heterocycles. The molecule has 18 heavy (non-hydrogen) atoms. The number of nitrogens with one attached hydrogen (secondary N) is 2. The van der Waals surface area contributed by atoms with Gasteiger partial charge in [0.15, 0.2) is 0 Å². The third-order valence-electron chi connectivity index (χ3n) is 2.38. The van der Waals surface area contributed by atoms with Crippen LogP contribution >= 0.6 is 27.5 Å². The van der Waals surface area contributed by atoms with Crippen LogP contribution in [-0.2, 0) is 6.42 Å². The van der Waals surface area contributed by atoms with Gasteiger partial charge < -0.3 is 10.3 Å². The second-order valence-electron chi connectivity index (χ2n) is 3.67. The van der Waals surface area contributed by atoms with Gasteiger partial charge in [-0.2, -0.15) is 0 Å². The largest absolute Gasteiger partial charge is 0.352 e. The van der Waals surface area contributed by atoms with Gasteiger partial charge in [0.2, 0.25) is 0 Å². The first-order valence-electron chi connectivity index (χ1n) is 5.38. The normalized spacial score (nSPS) is 10.3. The maximum atomic E-state index is 11.8. The van der Waals surface area contributed by atoms with E-state index in [1.807, 2.05) is 0 Å². The number of rotatable bonds is 4. The van der Waals surface area contributed by atoms with Crippen molar-refractivity contribution < 1.29 is 4.79 Å². The fourth-order valence-electron chi connectivity index (χ4n) is 1.47. The maximum absolute atomic E-state index is 11.8. The lowest BCUT2D eigenvalue weighted by Gasteiger charge is -2.05. The first-order valence-corrected chi connectivity index (χ1v) is 6.55. The number of halogens is 2. The molecule has 4 nitrogen and oxygen atoms in total. The van der Waals surface area contributed by atoms with Gasteiger partial charge in [-0.1, -0.05) is 11.6 Å². The van der Waals surface area contributed by atoms with Crippen LogP contribution in [0.15, 0.2) is 35.1 Å². The zero-order chi connectivity index (χ0) is 13.0. The quantitative estimate of drug-likeness (QED) is 0.906. The molecule has 0 fully saturated rings. The van der Waals surface area contributed by atoms with Gasteiger partial charge >= 0.3 is 0 Å². The minimum absolute atomic E-state index is 0.143. The summed E-state index contributed by atoms with van der Waals surface area (Å²) >= 11 is 9.21. The van der Waals surface area contributed by atoms with Crippen molar-refractivity contribution in [2.75, 3.05) is 6.54 Å². The van der Waals surface area contributed by atoms with Crippen molar-refractivity contribution in [2.24, 2.45) is 0 Å². The van der Waals surface area contributed by atoms with Crippen molar-refractivity contribution in [1.82, 2.24) is 15.3 Å². The standard InChI is InChI=1S/C12H11BrClN3O/c13-9-2-1-8(7-10(9)14)12(18)17-4-3-11-15-5-6-16-11/h1-2,5-7H,3-4H2,(H,15,16)(H,17,18). The molecule has 0 spiro atoms. The first kappa shape index (κ1) is 13.1. The summed E-state index contributed by atoms with van der Waals surface area (Å²) in [6.45, 7) is 0.528. The van der Waals surface area contributed by atoms with Gasteiger partial charge in [-0.3, -0.25) is 4.79 Å². The molecule has 2 N–H and O–H groups in total. The van der Waals surface area contributed by atoms with Crippen LogP contribution < -0.4 is 5.32 Å². The summed E-state index contributed by atoms with van der Waals surface area (Å²) in [5.74, 6) is 0.708. The van der Waals surface area contributed by atoms with Gasteiger partial charge in [0.25, 0.3) is 5.91 Å². The molecule has 0 aliphatic carbocycles. The summed E-state index contributed by atoms with van der Waals surface area (Å²) in [5.41, 5.74) is 0.544. The van der Waals surface area contributed by atoms with Crippen LogP contribution in [0.3, 0.4) is 0 Å². The Balaban J connectivity index is 1.89. The van der Waals surface area contributed by atoms with Crippen LogP contribution in [0.5, 0.6) is 0 Å². The highest BCUT2D eigenvalue weighted by Gasteiger charge is 2.07. The van der Waals surface area contributed by atoms with Crippen molar-refractivity contribution >= 4 is 33.4 Å². The van der Waals surface area contributed by atoms with Gasteiger partial charge in [-0.25, -0.2) is 4.98 Å². The lowest BCUT2D eigenvalue weighted by molar-refractivity contribution is 0.0954. The Morgan fingerprint density at radius 3 is 3.00 bits per heavy atom. The average Bonchev–Trinajstić information content (AvgIpc) is 2.85. The molecule has 2 aromatic rings.